The van der Waals surface area contributed by atoms with Gasteiger partial charge in [-0.1, -0.05) is 23.2 Å². The van der Waals surface area contributed by atoms with Crippen LogP contribution < -0.4 is 5.73 Å². The monoisotopic (exact) mass is 396 g/mol. The molecule has 2 aromatic rings. The van der Waals surface area contributed by atoms with E-state index in [1.165, 1.54) is 10.4 Å². The quantitative estimate of drug-likeness (QED) is 0.852. The minimum Gasteiger partial charge on any atom is -0.334 e. The topological polar surface area (TPSA) is 102 Å². The standard InChI is InChI=1S/C17H21ClN4O3S/c18-13-6-5-12(15-20-16(21-25-15)17(19)7-4-8-17)11-14(13)26(23,24)22-9-2-1-3-10-22/h5-6,11H,1-4,7-10,19H2. The van der Waals surface area contributed by atoms with Gasteiger partial charge in [0, 0.05) is 18.7 Å². The van der Waals surface area contributed by atoms with E-state index in [9.17, 15) is 8.42 Å². The summed E-state index contributed by atoms with van der Waals surface area (Å²) in [6.45, 7) is 1.03. The van der Waals surface area contributed by atoms with E-state index in [1.807, 2.05) is 0 Å². The van der Waals surface area contributed by atoms with E-state index in [4.69, 9.17) is 21.9 Å². The van der Waals surface area contributed by atoms with E-state index in [0.29, 0.717) is 24.5 Å². The SMILES string of the molecule is NC1(c2noc(-c3ccc(Cl)c(S(=O)(=O)N4CCCCC4)c3)n2)CCC1. The summed E-state index contributed by atoms with van der Waals surface area (Å²) in [7, 11) is -3.65. The summed E-state index contributed by atoms with van der Waals surface area (Å²) in [6, 6.07) is 4.74. The maximum Gasteiger partial charge on any atom is 0.258 e. The van der Waals surface area contributed by atoms with E-state index in [1.54, 1.807) is 12.1 Å². The summed E-state index contributed by atoms with van der Waals surface area (Å²) in [4.78, 5) is 4.46. The van der Waals surface area contributed by atoms with Gasteiger partial charge in [-0.2, -0.15) is 9.29 Å². The number of benzene rings is 1. The zero-order valence-electron chi connectivity index (χ0n) is 14.3. The number of nitrogens with zero attached hydrogens (tertiary/aromatic N) is 3. The Balaban J connectivity index is 1.68. The minimum atomic E-state index is -3.65. The van der Waals surface area contributed by atoms with Gasteiger partial charge < -0.3 is 10.3 Å². The third kappa shape index (κ3) is 3.05. The first kappa shape index (κ1) is 17.9. The van der Waals surface area contributed by atoms with Gasteiger partial charge in [-0.25, -0.2) is 8.42 Å². The smallest absolute Gasteiger partial charge is 0.258 e. The summed E-state index contributed by atoms with van der Waals surface area (Å²) < 4.78 is 32.8. The molecule has 2 N–H and O–H groups in total. The summed E-state index contributed by atoms with van der Waals surface area (Å²) in [5.41, 5.74) is 6.22. The first-order valence-corrected chi connectivity index (χ1v) is 10.7. The molecule has 0 amide bonds. The molecule has 9 heteroatoms. The van der Waals surface area contributed by atoms with Crippen LogP contribution in [0.25, 0.3) is 11.5 Å². The molecule has 140 valence electrons. The van der Waals surface area contributed by atoms with Crippen LogP contribution in [0, 0.1) is 0 Å². The average molecular weight is 397 g/mol. The van der Waals surface area contributed by atoms with Crippen LogP contribution >= 0.6 is 11.6 Å². The number of piperidine rings is 1. The van der Waals surface area contributed by atoms with Crippen molar-refractivity contribution >= 4 is 21.6 Å². The fourth-order valence-electron chi connectivity index (χ4n) is 3.40. The van der Waals surface area contributed by atoms with Crippen LogP contribution in [0.1, 0.15) is 44.3 Å². The van der Waals surface area contributed by atoms with Gasteiger partial charge in [0.15, 0.2) is 5.82 Å². The number of hydrogen-bond acceptors (Lipinski definition) is 6. The Kier molecular flexibility index (Phi) is 4.54. The lowest BCUT2D eigenvalue weighted by Gasteiger charge is -2.34. The van der Waals surface area contributed by atoms with Crippen molar-refractivity contribution in [2.45, 2.75) is 49.0 Å². The third-order valence-corrected chi connectivity index (χ3v) is 7.61. The zero-order chi connectivity index (χ0) is 18.4. The van der Waals surface area contributed by atoms with Gasteiger partial charge in [0.2, 0.25) is 10.0 Å². The molecule has 0 radical (unpaired) electrons. The van der Waals surface area contributed by atoms with Crippen molar-refractivity contribution in [2.24, 2.45) is 5.73 Å². The molecule has 2 heterocycles. The molecular formula is C17H21ClN4O3S. The Morgan fingerprint density at radius 1 is 1.15 bits per heavy atom. The van der Waals surface area contributed by atoms with E-state index < -0.39 is 15.6 Å². The summed E-state index contributed by atoms with van der Waals surface area (Å²) in [6.07, 6.45) is 5.46. The number of sulfonamides is 1. The molecule has 0 atom stereocenters. The van der Waals surface area contributed by atoms with Crippen LogP contribution in [0.4, 0.5) is 0 Å². The van der Waals surface area contributed by atoms with Gasteiger partial charge >= 0.3 is 0 Å². The fraction of sp³-hybridized carbons (Fsp3) is 0.529. The zero-order valence-corrected chi connectivity index (χ0v) is 15.9. The maximum absolute atomic E-state index is 13.0. The number of rotatable bonds is 4. The normalized spacial score (nSPS) is 20.7. The van der Waals surface area contributed by atoms with Crippen molar-refractivity contribution in [3.8, 4) is 11.5 Å². The molecule has 1 saturated carbocycles. The minimum absolute atomic E-state index is 0.0735. The van der Waals surface area contributed by atoms with Gasteiger partial charge in [-0.15, -0.1) is 0 Å². The highest BCUT2D eigenvalue weighted by atomic mass is 35.5. The van der Waals surface area contributed by atoms with Gasteiger partial charge in [0.1, 0.15) is 4.90 Å². The van der Waals surface area contributed by atoms with E-state index in [2.05, 4.69) is 10.1 Å². The van der Waals surface area contributed by atoms with Gasteiger partial charge in [-0.3, -0.25) is 0 Å². The van der Waals surface area contributed by atoms with E-state index >= 15 is 0 Å². The lowest BCUT2D eigenvalue weighted by Crippen LogP contribution is -2.44. The average Bonchev–Trinajstić information content (AvgIpc) is 3.11. The second kappa shape index (κ2) is 6.60. The molecule has 1 aliphatic heterocycles. The second-order valence-corrected chi connectivity index (χ2v) is 9.36. The molecule has 0 bridgehead atoms. The predicted molar refractivity (Wildman–Crippen MR) is 97.1 cm³/mol. The molecule has 4 rings (SSSR count). The molecule has 1 aromatic carbocycles. The van der Waals surface area contributed by atoms with Crippen molar-refractivity contribution in [1.82, 2.24) is 14.4 Å². The molecule has 1 aliphatic carbocycles. The van der Waals surface area contributed by atoms with Gasteiger partial charge in [0.25, 0.3) is 5.89 Å². The third-order valence-electron chi connectivity index (χ3n) is 5.23. The van der Waals surface area contributed by atoms with Gasteiger partial charge in [0.05, 0.1) is 10.6 Å². The van der Waals surface area contributed by atoms with Crippen LogP contribution in [-0.4, -0.2) is 36.0 Å². The van der Waals surface area contributed by atoms with Crippen molar-refractivity contribution < 1.29 is 12.9 Å². The summed E-state index contributed by atoms with van der Waals surface area (Å²) >= 11 is 6.20. The molecule has 2 fully saturated rings. The molecule has 1 aromatic heterocycles. The largest absolute Gasteiger partial charge is 0.334 e. The Bertz CT molecular complexity index is 918. The van der Waals surface area contributed by atoms with Crippen molar-refractivity contribution in [3.05, 3.63) is 29.0 Å². The van der Waals surface area contributed by atoms with Crippen LogP contribution in [0.15, 0.2) is 27.6 Å². The van der Waals surface area contributed by atoms with E-state index in [-0.39, 0.29) is 15.8 Å². The first-order valence-electron chi connectivity index (χ1n) is 8.83. The Morgan fingerprint density at radius 2 is 1.88 bits per heavy atom. The molecular weight excluding hydrogens is 376 g/mol. The lowest BCUT2D eigenvalue weighted by molar-refractivity contribution is 0.229. The lowest BCUT2D eigenvalue weighted by atomic mass is 9.77. The molecule has 0 unspecified atom stereocenters. The highest BCUT2D eigenvalue weighted by molar-refractivity contribution is 7.89. The number of hydrogen-bond donors (Lipinski definition) is 1. The highest BCUT2D eigenvalue weighted by Gasteiger charge is 2.39. The molecule has 2 aliphatic rings. The van der Waals surface area contributed by atoms with Crippen molar-refractivity contribution in [3.63, 3.8) is 0 Å². The second-order valence-electron chi connectivity index (χ2n) is 7.04. The van der Waals surface area contributed by atoms with Gasteiger partial charge in [-0.05, 0) is 50.3 Å². The summed E-state index contributed by atoms with van der Waals surface area (Å²) in [5.74, 6) is 0.720. The van der Waals surface area contributed by atoms with Crippen molar-refractivity contribution in [2.75, 3.05) is 13.1 Å². The summed E-state index contributed by atoms with van der Waals surface area (Å²) in [5, 5.41) is 4.17. The number of halogens is 1. The van der Waals surface area contributed by atoms with Crippen molar-refractivity contribution in [1.29, 1.82) is 0 Å². The maximum atomic E-state index is 13.0. The Hall–Kier alpha value is -1.48. The van der Waals surface area contributed by atoms with E-state index in [0.717, 1.165) is 38.5 Å². The highest BCUT2D eigenvalue weighted by Crippen LogP contribution is 2.38. The Labute approximate surface area is 157 Å². The van der Waals surface area contributed by atoms with Crippen LogP contribution in [-0.2, 0) is 15.6 Å². The molecule has 0 spiro atoms. The first-order chi connectivity index (χ1) is 12.4. The fourth-order valence-corrected chi connectivity index (χ4v) is 5.42. The number of aromatic nitrogens is 2. The van der Waals surface area contributed by atoms with Crippen LogP contribution in [0.2, 0.25) is 5.02 Å². The molecule has 1 saturated heterocycles. The van der Waals surface area contributed by atoms with Crippen LogP contribution in [0.5, 0.6) is 0 Å². The number of nitrogens with two attached hydrogens (primary N) is 1. The van der Waals surface area contributed by atoms with Crippen LogP contribution in [0.3, 0.4) is 0 Å². The predicted octanol–water partition coefficient (Wildman–Crippen LogP) is 2.90. The molecule has 26 heavy (non-hydrogen) atoms. The molecule has 7 nitrogen and oxygen atoms in total. The Morgan fingerprint density at radius 3 is 2.54 bits per heavy atom.